The molecule has 240 valence electrons. The summed E-state index contributed by atoms with van der Waals surface area (Å²) in [5, 5.41) is 0.664. The van der Waals surface area contributed by atoms with Gasteiger partial charge in [-0.3, -0.25) is 4.79 Å². The number of sulfonamides is 1. The van der Waals surface area contributed by atoms with Gasteiger partial charge in [-0.2, -0.15) is 4.31 Å². The molecule has 3 aromatic rings. The van der Waals surface area contributed by atoms with Gasteiger partial charge in [0.25, 0.3) is 0 Å². The SMILES string of the molecule is COc1cc2c(cc1OC)CN(S(=O)(=O)c1ccc(OC)c(N3CCN(C(=O)C4(c5ccc(Cl)cc5)CCCC4)CC3)c1)CC2. The lowest BCUT2D eigenvalue weighted by Gasteiger charge is -2.41. The topological polar surface area (TPSA) is 88.6 Å². The van der Waals surface area contributed by atoms with Crippen molar-refractivity contribution >= 4 is 33.2 Å². The Morgan fingerprint density at radius 2 is 1.40 bits per heavy atom. The van der Waals surface area contributed by atoms with Crippen LogP contribution in [0.5, 0.6) is 17.2 Å². The molecule has 0 unspecified atom stereocenters. The number of hydrogen-bond acceptors (Lipinski definition) is 7. The van der Waals surface area contributed by atoms with Crippen LogP contribution in [0.2, 0.25) is 5.02 Å². The number of carbonyl (C=O) groups is 1. The van der Waals surface area contributed by atoms with E-state index in [0.717, 1.165) is 42.4 Å². The predicted octanol–water partition coefficient (Wildman–Crippen LogP) is 5.27. The zero-order chi connectivity index (χ0) is 31.8. The molecule has 9 nitrogen and oxygen atoms in total. The first-order valence-electron chi connectivity index (χ1n) is 15.4. The minimum absolute atomic E-state index is 0.171. The lowest BCUT2D eigenvalue weighted by molar-refractivity contribution is -0.137. The second-order valence-corrected chi connectivity index (χ2v) is 14.3. The molecule has 1 aliphatic carbocycles. The minimum atomic E-state index is -3.80. The standard InChI is InChI=1S/C34H40ClN3O6S/c1-42-30-11-10-28(45(40,41)38-15-12-24-20-31(43-2)32(44-3)21-25(24)23-38)22-29(30)36-16-18-37(19-17-36)33(39)34(13-4-5-14-34)26-6-8-27(35)9-7-26/h6-11,20-22H,4-5,12-19,23H2,1-3H3. The Kier molecular flexibility index (Phi) is 8.91. The summed E-state index contributed by atoms with van der Waals surface area (Å²) in [7, 11) is 0.957. The maximum Gasteiger partial charge on any atom is 0.243 e. The molecular weight excluding hydrogens is 614 g/mol. The molecule has 2 aliphatic heterocycles. The molecule has 1 saturated heterocycles. The first-order valence-corrected chi connectivity index (χ1v) is 17.2. The summed E-state index contributed by atoms with van der Waals surface area (Å²) in [6.07, 6.45) is 4.30. The summed E-state index contributed by atoms with van der Waals surface area (Å²) in [6, 6.07) is 16.5. The fourth-order valence-corrected chi connectivity index (χ4v) is 8.68. The lowest BCUT2D eigenvalue weighted by Crippen LogP contribution is -2.54. The van der Waals surface area contributed by atoms with Gasteiger partial charge in [0.15, 0.2) is 11.5 Å². The summed E-state index contributed by atoms with van der Waals surface area (Å²) in [5.41, 5.74) is 3.19. The largest absolute Gasteiger partial charge is 0.495 e. The highest BCUT2D eigenvalue weighted by Crippen LogP contribution is 2.43. The van der Waals surface area contributed by atoms with Gasteiger partial charge in [-0.05, 0) is 78.4 Å². The molecule has 3 aliphatic rings. The van der Waals surface area contributed by atoms with Gasteiger partial charge in [-0.15, -0.1) is 0 Å². The van der Waals surface area contributed by atoms with Crippen molar-refractivity contribution in [2.75, 3.05) is 59.0 Å². The molecule has 45 heavy (non-hydrogen) atoms. The monoisotopic (exact) mass is 653 g/mol. The van der Waals surface area contributed by atoms with E-state index in [1.807, 2.05) is 41.3 Å². The summed E-state index contributed by atoms with van der Waals surface area (Å²) >= 11 is 6.16. The second kappa shape index (κ2) is 12.7. The van der Waals surface area contributed by atoms with Crippen molar-refractivity contribution in [3.63, 3.8) is 0 Å². The number of halogens is 1. The van der Waals surface area contributed by atoms with E-state index in [1.165, 1.54) is 4.31 Å². The fourth-order valence-electron chi connectivity index (χ4n) is 7.12. The number of hydrogen-bond donors (Lipinski definition) is 0. The van der Waals surface area contributed by atoms with E-state index in [-0.39, 0.29) is 17.3 Å². The third-order valence-electron chi connectivity index (χ3n) is 9.64. The summed E-state index contributed by atoms with van der Waals surface area (Å²) < 4.78 is 46.0. The maximum atomic E-state index is 14.0. The van der Waals surface area contributed by atoms with Gasteiger partial charge in [0.1, 0.15) is 5.75 Å². The van der Waals surface area contributed by atoms with Crippen LogP contribution in [-0.4, -0.2) is 77.6 Å². The Labute approximate surface area is 270 Å². The number of anilines is 1. The highest BCUT2D eigenvalue weighted by atomic mass is 35.5. The van der Waals surface area contributed by atoms with Crippen LogP contribution in [0.3, 0.4) is 0 Å². The number of fused-ring (bicyclic) bond motifs is 1. The number of carbonyl (C=O) groups excluding carboxylic acids is 1. The predicted molar refractivity (Wildman–Crippen MR) is 174 cm³/mol. The van der Waals surface area contributed by atoms with Crippen molar-refractivity contribution in [3.8, 4) is 17.2 Å². The second-order valence-electron chi connectivity index (χ2n) is 12.0. The molecule has 0 bridgehead atoms. The molecule has 2 fully saturated rings. The van der Waals surface area contributed by atoms with Crippen LogP contribution in [0.4, 0.5) is 5.69 Å². The molecule has 1 amide bonds. The maximum absolute atomic E-state index is 14.0. The molecule has 2 heterocycles. The van der Waals surface area contributed by atoms with E-state index in [1.54, 1.807) is 39.5 Å². The Balaban J connectivity index is 1.20. The molecule has 1 saturated carbocycles. The lowest BCUT2D eigenvalue weighted by atomic mass is 9.77. The Morgan fingerprint density at radius 1 is 0.778 bits per heavy atom. The summed E-state index contributed by atoms with van der Waals surface area (Å²) in [5.74, 6) is 1.98. The van der Waals surface area contributed by atoms with Crippen molar-refractivity contribution in [2.24, 2.45) is 0 Å². The quantitative estimate of drug-likeness (QED) is 0.327. The zero-order valence-electron chi connectivity index (χ0n) is 26.1. The van der Waals surface area contributed by atoms with E-state index >= 15 is 0 Å². The third kappa shape index (κ3) is 5.84. The van der Waals surface area contributed by atoms with Crippen LogP contribution < -0.4 is 19.1 Å². The minimum Gasteiger partial charge on any atom is -0.495 e. The Bertz CT molecular complexity index is 1670. The highest BCUT2D eigenvalue weighted by Gasteiger charge is 2.45. The third-order valence-corrected chi connectivity index (χ3v) is 11.7. The van der Waals surface area contributed by atoms with Gasteiger partial charge in [0.05, 0.1) is 37.3 Å². The average Bonchev–Trinajstić information content (AvgIpc) is 3.58. The molecular formula is C34H40ClN3O6S. The van der Waals surface area contributed by atoms with E-state index in [0.29, 0.717) is 67.1 Å². The van der Waals surface area contributed by atoms with E-state index in [9.17, 15) is 13.2 Å². The van der Waals surface area contributed by atoms with Gasteiger partial charge in [0.2, 0.25) is 15.9 Å². The first-order chi connectivity index (χ1) is 21.7. The van der Waals surface area contributed by atoms with E-state index in [2.05, 4.69) is 4.90 Å². The first kappa shape index (κ1) is 31.5. The van der Waals surface area contributed by atoms with Gasteiger partial charge in [0, 0.05) is 44.3 Å². The number of methoxy groups -OCH3 is 3. The normalized spacial score (nSPS) is 18.4. The van der Waals surface area contributed by atoms with Crippen LogP contribution >= 0.6 is 11.6 Å². The molecule has 0 atom stereocenters. The number of nitrogens with zero attached hydrogens (tertiary/aromatic N) is 3. The van der Waals surface area contributed by atoms with E-state index < -0.39 is 15.4 Å². The number of benzene rings is 3. The Morgan fingerprint density at radius 3 is 2.02 bits per heavy atom. The Hall–Kier alpha value is -3.47. The smallest absolute Gasteiger partial charge is 0.243 e. The van der Waals surface area contributed by atoms with Crippen LogP contribution in [0.1, 0.15) is 42.4 Å². The molecule has 11 heteroatoms. The number of ether oxygens (including phenoxy) is 3. The molecule has 6 rings (SSSR count). The molecule has 3 aromatic carbocycles. The van der Waals surface area contributed by atoms with Crippen molar-refractivity contribution in [3.05, 3.63) is 76.3 Å². The summed E-state index contributed by atoms with van der Waals surface area (Å²) in [6.45, 7) is 2.84. The average molecular weight is 654 g/mol. The van der Waals surface area contributed by atoms with Crippen molar-refractivity contribution < 1.29 is 27.4 Å². The van der Waals surface area contributed by atoms with Crippen molar-refractivity contribution in [1.82, 2.24) is 9.21 Å². The molecule has 0 N–H and O–H groups in total. The van der Waals surface area contributed by atoms with Crippen LogP contribution in [0.25, 0.3) is 0 Å². The number of piperazine rings is 1. The molecule has 0 spiro atoms. The van der Waals surface area contributed by atoms with Gasteiger partial charge in [-0.1, -0.05) is 36.6 Å². The van der Waals surface area contributed by atoms with Gasteiger partial charge >= 0.3 is 0 Å². The molecule has 0 radical (unpaired) electrons. The number of rotatable bonds is 8. The van der Waals surface area contributed by atoms with Crippen molar-refractivity contribution in [2.45, 2.75) is 49.0 Å². The summed E-state index contributed by atoms with van der Waals surface area (Å²) in [4.78, 5) is 18.4. The molecule has 0 aromatic heterocycles. The van der Waals surface area contributed by atoms with Crippen LogP contribution in [-0.2, 0) is 33.2 Å². The highest BCUT2D eigenvalue weighted by molar-refractivity contribution is 7.89. The zero-order valence-corrected chi connectivity index (χ0v) is 27.6. The van der Waals surface area contributed by atoms with Gasteiger partial charge in [-0.25, -0.2) is 8.42 Å². The van der Waals surface area contributed by atoms with Crippen molar-refractivity contribution in [1.29, 1.82) is 0 Å². The van der Waals surface area contributed by atoms with Crippen LogP contribution in [0.15, 0.2) is 59.5 Å². The van der Waals surface area contributed by atoms with Crippen LogP contribution in [0, 0.1) is 0 Å². The van der Waals surface area contributed by atoms with E-state index in [4.69, 9.17) is 25.8 Å². The number of amides is 1. The fraction of sp³-hybridized carbons (Fsp3) is 0.441. The van der Waals surface area contributed by atoms with Gasteiger partial charge < -0.3 is 24.0 Å².